The molecule has 2 atom stereocenters. The van der Waals surface area contributed by atoms with Crippen molar-refractivity contribution in [1.29, 1.82) is 0 Å². The van der Waals surface area contributed by atoms with Crippen LogP contribution in [0.2, 0.25) is 0 Å². The molecule has 1 aliphatic heterocycles. The van der Waals surface area contributed by atoms with E-state index in [-0.39, 0.29) is 24.0 Å². The minimum atomic E-state index is 0. The molecule has 1 aliphatic rings. The summed E-state index contributed by atoms with van der Waals surface area (Å²) in [5.74, 6) is 2.11. The van der Waals surface area contributed by atoms with Gasteiger partial charge in [-0.25, -0.2) is 0 Å². The summed E-state index contributed by atoms with van der Waals surface area (Å²) in [5.41, 5.74) is 2.30. The number of rotatable bonds is 7. The van der Waals surface area contributed by atoms with Crippen LogP contribution in [0.1, 0.15) is 31.7 Å². The van der Waals surface area contributed by atoms with E-state index < -0.39 is 0 Å². The molecule has 0 spiro atoms. The summed E-state index contributed by atoms with van der Waals surface area (Å²) in [6, 6.07) is 2.13. The molecule has 0 amide bonds. The van der Waals surface area contributed by atoms with E-state index in [4.69, 9.17) is 9.73 Å². The molecular weight excluding hydrogens is 429 g/mol. The molecule has 1 fully saturated rings. The zero-order chi connectivity index (χ0) is 17.5. The number of likely N-dealkylation sites (tertiary alicyclic amines) is 1. The second-order valence-electron chi connectivity index (χ2n) is 6.97. The number of guanidine groups is 1. The normalized spacial score (nSPS) is 19.0. The highest BCUT2D eigenvalue weighted by Crippen LogP contribution is 2.16. The van der Waals surface area contributed by atoms with Crippen LogP contribution in [0.5, 0.6) is 0 Å². The molecule has 7 heteroatoms. The van der Waals surface area contributed by atoms with Gasteiger partial charge in [0, 0.05) is 51.4 Å². The summed E-state index contributed by atoms with van der Waals surface area (Å²) in [6.07, 6.45) is 1.18. The second kappa shape index (κ2) is 11.0. The fourth-order valence-corrected chi connectivity index (χ4v) is 3.28. The molecule has 144 valence electrons. The van der Waals surface area contributed by atoms with Gasteiger partial charge in [0.2, 0.25) is 0 Å². The molecule has 2 rings (SSSR count). The third-order valence-electron chi connectivity index (χ3n) is 4.46. The van der Waals surface area contributed by atoms with Gasteiger partial charge in [-0.1, -0.05) is 6.92 Å². The molecule has 1 aromatic rings. The number of aromatic nitrogens is 2. The van der Waals surface area contributed by atoms with Crippen molar-refractivity contribution in [2.45, 2.75) is 40.7 Å². The third-order valence-corrected chi connectivity index (χ3v) is 4.46. The van der Waals surface area contributed by atoms with E-state index in [0.717, 1.165) is 51.0 Å². The van der Waals surface area contributed by atoms with E-state index in [2.05, 4.69) is 46.8 Å². The summed E-state index contributed by atoms with van der Waals surface area (Å²) in [7, 11) is 1.78. The van der Waals surface area contributed by atoms with Crippen molar-refractivity contribution in [3.63, 3.8) is 0 Å². The van der Waals surface area contributed by atoms with Crippen LogP contribution in [0, 0.1) is 25.7 Å². The number of aryl methyl sites for hydroxylation is 2. The van der Waals surface area contributed by atoms with Gasteiger partial charge in [0.05, 0.1) is 12.3 Å². The number of nitrogens with one attached hydrogen (secondary N) is 1. The molecule has 0 aromatic carbocycles. The Morgan fingerprint density at radius 1 is 1.48 bits per heavy atom. The van der Waals surface area contributed by atoms with Crippen LogP contribution in [0.25, 0.3) is 0 Å². The van der Waals surface area contributed by atoms with E-state index in [1.807, 2.05) is 6.92 Å². The lowest BCUT2D eigenvalue weighted by molar-refractivity contribution is 0.157. The number of hydrogen-bond acceptors (Lipinski definition) is 3. The first-order valence-corrected chi connectivity index (χ1v) is 9.06. The van der Waals surface area contributed by atoms with E-state index in [0.29, 0.717) is 11.8 Å². The topological polar surface area (TPSA) is 54.7 Å². The quantitative estimate of drug-likeness (QED) is 0.384. The summed E-state index contributed by atoms with van der Waals surface area (Å²) < 4.78 is 7.39. The first kappa shape index (κ1) is 22.2. The minimum absolute atomic E-state index is 0. The van der Waals surface area contributed by atoms with Crippen LogP contribution in [-0.2, 0) is 11.3 Å². The van der Waals surface area contributed by atoms with Crippen molar-refractivity contribution in [3.05, 3.63) is 17.5 Å². The van der Waals surface area contributed by atoms with Crippen molar-refractivity contribution in [1.82, 2.24) is 20.0 Å². The highest BCUT2D eigenvalue weighted by molar-refractivity contribution is 14.0. The van der Waals surface area contributed by atoms with Crippen molar-refractivity contribution in [2.75, 3.05) is 39.9 Å². The molecule has 1 aromatic heterocycles. The van der Waals surface area contributed by atoms with Gasteiger partial charge in [-0.15, -0.1) is 24.0 Å². The largest absolute Gasteiger partial charge is 0.384 e. The maximum atomic E-state index is 5.29. The summed E-state index contributed by atoms with van der Waals surface area (Å²) in [6.45, 7) is 14.1. The van der Waals surface area contributed by atoms with Crippen LogP contribution in [0.15, 0.2) is 11.1 Å². The Hall–Kier alpha value is -0.830. The summed E-state index contributed by atoms with van der Waals surface area (Å²) in [5, 5.41) is 7.98. The average molecular weight is 463 g/mol. The van der Waals surface area contributed by atoms with Crippen LogP contribution in [0.3, 0.4) is 0 Å². The van der Waals surface area contributed by atoms with Gasteiger partial charge in [0.15, 0.2) is 5.96 Å². The van der Waals surface area contributed by atoms with Gasteiger partial charge in [-0.05, 0) is 39.2 Å². The number of aliphatic imine (C=N–C) groups is 1. The number of ether oxygens (including phenoxy) is 1. The smallest absolute Gasteiger partial charge is 0.193 e. The lowest BCUT2D eigenvalue weighted by Crippen LogP contribution is -2.40. The molecule has 2 heterocycles. The summed E-state index contributed by atoms with van der Waals surface area (Å²) >= 11 is 0. The number of hydrogen-bond donors (Lipinski definition) is 1. The number of nitrogens with zero attached hydrogens (tertiary/aromatic N) is 4. The maximum Gasteiger partial charge on any atom is 0.193 e. The molecular formula is C18H34IN5O. The first-order valence-electron chi connectivity index (χ1n) is 9.06. The van der Waals surface area contributed by atoms with Gasteiger partial charge in [0.25, 0.3) is 0 Å². The van der Waals surface area contributed by atoms with Crippen LogP contribution >= 0.6 is 24.0 Å². The van der Waals surface area contributed by atoms with Crippen molar-refractivity contribution in [3.8, 4) is 0 Å². The lowest BCUT2D eigenvalue weighted by Gasteiger charge is -2.22. The molecule has 0 radical (unpaired) electrons. The van der Waals surface area contributed by atoms with Gasteiger partial charge >= 0.3 is 0 Å². The Bertz CT molecular complexity index is 546. The zero-order valence-electron chi connectivity index (χ0n) is 16.3. The van der Waals surface area contributed by atoms with Gasteiger partial charge in [-0.2, -0.15) is 5.10 Å². The second-order valence-corrected chi connectivity index (χ2v) is 6.97. The number of halogens is 1. The molecule has 2 unspecified atom stereocenters. The Kier molecular flexibility index (Phi) is 9.78. The molecule has 0 bridgehead atoms. The third kappa shape index (κ3) is 6.77. The SMILES string of the molecule is CCNC(=NCC(C)Cn1nc(C)cc1C)N1CCC(COC)C1.I. The fourth-order valence-electron chi connectivity index (χ4n) is 3.28. The zero-order valence-corrected chi connectivity index (χ0v) is 18.6. The highest BCUT2D eigenvalue weighted by atomic mass is 127. The maximum absolute atomic E-state index is 5.29. The standard InChI is InChI=1S/C18H33N5O.HI/c1-6-19-18(22-8-7-17(12-22)13-24-5)20-10-14(2)11-23-16(4)9-15(3)21-23;/h9,14,17H,6-8,10-13H2,1-5H3,(H,19,20);1H. The molecule has 0 aliphatic carbocycles. The van der Waals surface area contributed by atoms with Crippen LogP contribution in [-0.4, -0.2) is 60.5 Å². The van der Waals surface area contributed by atoms with Crippen LogP contribution in [0.4, 0.5) is 0 Å². The van der Waals surface area contributed by atoms with E-state index in [9.17, 15) is 0 Å². The van der Waals surface area contributed by atoms with Gasteiger partial charge < -0.3 is 15.0 Å². The van der Waals surface area contributed by atoms with E-state index >= 15 is 0 Å². The molecule has 6 nitrogen and oxygen atoms in total. The fraction of sp³-hybridized carbons (Fsp3) is 0.778. The molecule has 1 N–H and O–H groups in total. The average Bonchev–Trinajstić information content (AvgIpc) is 3.11. The Balaban J connectivity index is 0.00000312. The van der Waals surface area contributed by atoms with E-state index in [1.165, 1.54) is 12.1 Å². The number of methoxy groups -OCH3 is 1. The predicted octanol–water partition coefficient (Wildman–Crippen LogP) is 2.69. The minimum Gasteiger partial charge on any atom is -0.384 e. The van der Waals surface area contributed by atoms with Crippen molar-refractivity contribution in [2.24, 2.45) is 16.8 Å². The molecule has 25 heavy (non-hydrogen) atoms. The van der Waals surface area contributed by atoms with Crippen LogP contribution < -0.4 is 5.32 Å². The summed E-state index contributed by atoms with van der Waals surface area (Å²) in [4.78, 5) is 7.24. The monoisotopic (exact) mass is 463 g/mol. The lowest BCUT2D eigenvalue weighted by atomic mass is 10.1. The highest BCUT2D eigenvalue weighted by Gasteiger charge is 2.24. The van der Waals surface area contributed by atoms with E-state index in [1.54, 1.807) is 7.11 Å². The predicted molar refractivity (Wildman–Crippen MR) is 114 cm³/mol. The molecule has 1 saturated heterocycles. The Morgan fingerprint density at radius 2 is 2.24 bits per heavy atom. The van der Waals surface area contributed by atoms with Gasteiger partial charge in [-0.3, -0.25) is 9.67 Å². The first-order chi connectivity index (χ1) is 11.5. The van der Waals surface area contributed by atoms with Crippen molar-refractivity contribution < 1.29 is 4.74 Å². The Morgan fingerprint density at radius 3 is 2.84 bits per heavy atom. The molecule has 0 saturated carbocycles. The van der Waals surface area contributed by atoms with Crippen molar-refractivity contribution >= 4 is 29.9 Å². The Labute approximate surface area is 169 Å². The van der Waals surface area contributed by atoms with Gasteiger partial charge in [0.1, 0.15) is 0 Å².